The first kappa shape index (κ1) is 39.4. The molecule has 6 atom stereocenters. The summed E-state index contributed by atoms with van der Waals surface area (Å²) >= 11 is 27.1. The second kappa shape index (κ2) is 12.9. The minimum Gasteiger partial charge on any atom is -0.403 e. The average Bonchev–Trinajstić information content (AvgIpc) is 3.05. The zero-order valence-corrected chi connectivity index (χ0v) is 34.5. The van der Waals surface area contributed by atoms with Crippen LogP contribution >= 0.6 is 62.0 Å². The van der Waals surface area contributed by atoms with Crippen LogP contribution in [0.1, 0.15) is 75.3 Å². The first-order valence-electron chi connectivity index (χ1n) is 18.8. The summed E-state index contributed by atoms with van der Waals surface area (Å²) in [5.74, 6) is -3.07. The maximum absolute atomic E-state index is 11.9. The van der Waals surface area contributed by atoms with Crippen LogP contribution in [0.4, 0.5) is 0 Å². The monoisotopic (exact) mass is 898 g/mol. The van der Waals surface area contributed by atoms with E-state index in [1.54, 1.807) is 12.1 Å². The van der Waals surface area contributed by atoms with Crippen molar-refractivity contribution in [3.05, 3.63) is 57.6 Å². The van der Waals surface area contributed by atoms with E-state index in [2.05, 4.69) is 0 Å². The average molecular weight is 900 g/mol. The molecule has 20 heteroatoms. The molecule has 2 aromatic rings. The number of hydrogen-bond acceptors (Lipinski definition) is 10. The highest BCUT2D eigenvalue weighted by atomic mass is 35.5. The van der Waals surface area contributed by atoms with Crippen LogP contribution in [0.3, 0.4) is 0 Å². The molecule has 10 fully saturated rings. The van der Waals surface area contributed by atoms with Gasteiger partial charge in [-0.25, -0.2) is 18.9 Å². The van der Waals surface area contributed by atoms with Gasteiger partial charge < -0.3 is 18.5 Å². The third kappa shape index (κ3) is 5.81. The lowest BCUT2D eigenvalue weighted by Gasteiger charge is -2.70. The Hall–Kier alpha value is -0.740. The molecular formula is C36H40Cl4O14P2. The van der Waals surface area contributed by atoms with Crippen LogP contribution in [0.2, 0.25) is 10.0 Å². The standard InChI is InChI=1S/C36H40Cl4O14P2/c37-27-3-1-21(11-29(27)49-55(41,42)43)35(33(51-53-35)23-7-19-8-24(33)16-31(39,13-19)15-23)47-5-6-48-36(22-2-4-28(38)30(12-22)50-56(44,45)46)34(52-54-36)25-9-20-10-26(34)18-32(40,14-20)17-25/h1-4,11-12,19-20,23-26H,5-10,13-18H2,(H2,41,42,43)(H2,44,45,46). The fourth-order valence-corrected chi connectivity index (χ4v) is 15.1. The molecule has 306 valence electrons. The normalized spacial score (nSPS) is 44.3. The van der Waals surface area contributed by atoms with Gasteiger partial charge in [-0.1, -0.05) is 35.3 Å². The maximum Gasteiger partial charge on any atom is 0.524 e. The predicted octanol–water partition coefficient (Wildman–Crippen LogP) is 8.01. The van der Waals surface area contributed by atoms with Gasteiger partial charge in [-0.2, -0.15) is 9.78 Å². The summed E-state index contributed by atoms with van der Waals surface area (Å²) in [6, 6.07) is 9.05. The molecule has 2 spiro atoms. The first-order valence-corrected chi connectivity index (χ1v) is 23.4. The van der Waals surface area contributed by atoms with Gasteiger partial charge in [0.25, 0.3) is 11.6 Å². The number of halogens is 4. The van der Waals surface area contributed by atoms with Crippen molar-refractivity contribution >= 4 is 62.0 Å². The predicted molar refractivity (Wildman–Crippen MR) is 198 cm³/mol. The SMILES string of the molecule is O=P(O)(O)Oc1cc(C2(OCCOC3(c4ccc(Cl)c(OP(=O)(O)O)c4)OOC34C3CC5CC4CC(Cl)(C5)C3)OOC23C2CC4CC3CC(Cl)(C4)C2)ccc1Cl. The van der Waals surface area contributed by atoms with Crippen LogP contribution in [0.5, 0.6) is 11.5 Å². The van der Waals surface area contributed by atoms with Crippen molar-refractivity contribution in [3.8, 4) is 11.5 Å². The molecule has 2 saturated heterocycles. The van der Waals surface area contributed by atoms with E-state index < -0.39 is 38.4 Å². The smallest absolute Gasteiger partial charge is 0.403 e. The summed E-state index contributed by atoms with van der Waals surface area (Å²) in [6.45, 7) is -0.204. The van der Waals surface area contributed by atoms with Gasteiger partial charge in [0.15, 0.2) is 22.7 Å². The Balaban J connectivity index is 1.00. The van der Waals surface area contributed by atoms with E-state index in [9.17, 15) is 28.7 Å². The van der Waals surface area contributed by atoms with Gasteiger partial charge in [0.1, 0.15) is 0 Å². The van der Waals surface area contributed by atoms with E-state index >= 15 is 0 Å². The Morgan fingerprint density at radius 3 is 1.23 bits per heavy atom. The number of phosphoric acid groups is 2. The summed E-state index contributed by atoms with van der Waals surface area (Å²) in [7, 11) is -10.00. The Morgan fingerprint density at radius 1 is 0.589 bits per heavy atom. The van der Waals surface area contributed by atoms with E-state index in [0.717, 1.165) is 38.5 Å². The zero-order chi connectivity index (χ0) is 39.3. The molecule has 4 N–H and O–H groups in total. The number of phosphoric ester groups is 2. The molecule has 8 bridgehead atoms. The Kier molecular flexibility index (Phi) is 9.07. The largest absolute Gasteiger partial charge is 0.524 e. The minimum absolute atomic E-state index is 0.0246. The molecule has 8 aliphatic carbocycles. The highest BCUT2D eigenvalue weighted by Gasteiger charge is 2.80. The van der Waals surface area contributed by atoms with E-state index in [4.69, 9.17) is 84.5 Å². The number of rotatable bonds is 11. The summed E-state index contributed by atoms with van der Waals surface area (Å²) < 4.78 is 47.5. The molecule has 0 radical (unpaired) electrons. The van der Waals surface area contributed by atoms with E-state index in [0.29, 0.717) is 48.6 Å². The van der Waals surface area contributed by atoms with E-state index in [-0.39, 0.29) is 68.2 Å². The summed E-state index contributed by atoms with van der Waals surface area (Å²) in [5, 5.41) is -0.0491. The second-order valence-electron chi connectivity index (χ2n) is 17.3. The van der Waals surface area contributed by atoms with E-state index in [1.165, 1.54) is 24.3 Å². The van der Waals surface area contributed by atoms with Crippen LogP contribution in [0.15, 0.2) is 36.4 Å². The summed E-state index contributed by atoms with van der Waals surface area (Å²) in [4.78, 5) is 62.6. The Labute approximate surface area is 341 Å². The number of benzene rings is 2. The van der Waals surface area contributed by atoms with Crippen molar-refractivity contribution in [2.45, 2.75) is 96.7 Å². The molecule has 0 aromatic heterocycles. The van der Waals surface area contributed by atoms with Crippen molar-refractivity contribution in [1.29, 1.82) is 0 Å². The molecule has 14 nitrogen and oxygen atoms in total. The number of ether oxygens (including phenoxy) is 2. The third-order valence-corrected chi connectivity index (χ3v) is 16.4. The quantitative estimate of drug-likeness (QED) is 0.0735. The molecule has 8 saturated carbocycles. The van der Waals surface area contributed by atoms with Crippen LogP contribution in [0.25, 0.3) is 0 Å². The number of hydrogen-bond donors (Lipinski definition) is 4. The molecule has 2 aromatic carbocycles. The molecular weight excluding hydrogens is 860 g/mol. The van der Waals surface area contributed by atoms with Crippen molar-refractivity contribution in [1.82, 2.24) is 0 Å². The molecule has 0 amide bonds. The van der Waals surface area contributed by atoms with Crippen molar-refractivity contribution in [2.75, 3.05) is 13.2 Å². The molecule has 10 aliphatic rings. The van der Waals surface area contributed by atoms with Crippen molar-refractivity contribution in [2.24, 2.45) is 35.5 Å². The summed E-state index contributed by atoms with van der Waals surface area (Å²) in [5.41, 5.74) is -1.23. The topological polar surface area (TPSA) is 189 Å². The Morgan fingerprint density at radius 2 is 0.946 bits per heavy atom. The number of alkyl halides is 2. The maximum atomic E-state index is 11.9. The molecule has 2 heterocycles. The molecule has 2 aliphatic heterocycles. The van der Waals surface area contributed by atoms with Crippen LogP contribution in [-0.4, -0.2) is 53.7 Å². The van der Waals surface area contributed by atoms with Gasteiger partial charge in [-0.3, -0.25) is 19.6 Å². The van der Waals surface area contributed by atoms with Crippen molar-refractivity contribution in [3.63, 3.8) is 0 Å². The Bertz CT molecular complexity index is 1890. The van der Waals surface area contributed by atoms with Gasteiger partial charge >= 0.3 is 15.6 Å². The van der Waals surface area contributed by atoms with Gasteiger partial charge in [-0.15, -0.1) is 23.2 Å². The van der Waals surface area contributed by atoms with Gasteiger partial charge in [0.2, 0.25) is 0 Å². The minimum atomic E-state index is -5.00. The third-order valence-electron chi connectivity index (χ3n) is 14.0. The second-order valence-corrected chi connectivity index (χ2v) is 22.0. The molecule has 6 unspecified atom stereocenters. The van der Waals surface area contributed by atoms with Gasteiger partial charge in [0, 0.05) is 20.9 Å². The van der Waals surface area contributed by atoms with Crippen LogP contribution in [0, 0.1) is 35.5 Å². The van der Waals surface area contributed by atoms with E-state index in [1.807, 2.05) is 0 Å². The van der Waals surface area contributed by atoms with Crippen LogP contribution in [-0.2, 0) is 49.7 Å². The fraction of sp³-hybridized carbons (Fsp3) is 0.667. The zero-order valence-electron chi connectivity index (χ0n) is 29.7. The lowest BCUT2D eigenvalue weighted by molar-refractivity contribution is -0.655. The van der Waals surface area contributed by atoms with Crippen molar-refractivity contribution < 1.29 is 66.8 Å². The molecule has 56 heavy (non-hydrogen) atoms. The van der Waals surface area contributed by atoms with Gasteiger partial charge in [-0.05, 0) is 124 Å². The lowest BCUT2D eigenvalue weighted by Crippen LogP contribution is -2.78. The summed E-state index contributed by atoms with van der Waals surface area (Å²) in [6.07, 6.45) is 7.89. The first-order chi connectivity index (χ1) is 26.3. The lowest BCUT2D eigenvalue weighted by atomic mass is 9.46. The van der Waals surface area contributed by atoms with Crippen LogP contribution < -0.4 is 9.05 Å². The fourth-order valence-electron chi connectivity index (χ4n) is 12.7. The van der Waals surface area contributed by atoms with Gasteiger partial charge in [0.05, 0.1) is 23.3 Å². The molecule has 12 rings (SSSR count). The highest BCUT2D eigenvalue weighted by Crippen LogP contribution is 2.73. The highest BCUT2D eigenvalue weighted by molar-refractivity contribution is 7.47.